The molecule has 0 atom stereocenters. The van der Waals surface area contributed by atoms with Crippen LogP contribution in [-0.4, -0.2) is 11.1 Å². The van der Waals surface area contributed by atoms with Gasteiger partial charge in [-0.1, -0.05) is 18.7 Å². The molecule has 0 rings (SSSR count). The van der Waals surface area contributed by atoms with Gasteiger partial charge in [-0.15, -0.1) is 0 Å². The zero-order valence-corrected chi connectivity index (χ0v) is 6.17. The first-order chi connectivity index (χ1) is 5.07. The molecule has 0 aliphatic heterocycles. The van der Waals surface area contributed by atoms with Crippen molar-refractivity contribution < 1.29 is 14.3 Å². The summed E-state index contributed by atoms with van der Waals surface area (Å²) in [6, 6.07) is 0. The molecule has 0 fully saturated rings. The van der Waals surface area contributed by atoms with E-state index in [2.05, 4.69) is 6.58 Å². The van der Waals surface area contributed by atoms with Gasteiger partial charge in [0.1, 0.15) is 5.83 Å². The van der Waals surface area contributed by atoms with E-state index in [1.54, 1.807) is 6.92 Å². The molecule has 3 heteroatoms. The Morgan fingerprint density at radius 1 is 1.64 bits per heavy atom. The second-order valence-corrected chi connectivity index (χ2v) is 1.85. The molecule has 0 bridgehead atoms. The summed E-state index contributed by atoms with van der Waals surface area (Å²) in [5.41, 5.74) is -0.111. The number of hydrogen-bond acceptors (Lipinski definition) is 1. The highest BCUT2D eigenvalue weighted by molar-refractivity contribution is 5.90. The molecule has 0 aliphatic carbocycles. The predicted molar refractivity (Wildman–Crippen MR) is 40.8 cm³/mol. The van der Waals surface area contributed by atoms with Crippen molar-refractivity contribution in [2.45, 2.75) is 6.92 Å². The van der Waals surface area contributed by atoms with Crippen LogP contribution in [0.25, 0.3) is 0 Å². The lowest BCUT2D eigenvalue weighted by Gasteiger charge is -1.91. The van der Waals surface area contributed by atoms with Crippen LogP contribution in [0.2, 0.25) is 0 Å². The van der Waals surface area contributed by atoms with Crippen molar-refractivity contribution in [2.75, 3.05) is 0 Å². The van der Waals surface area contributed by atoms with Crippen LogP contribution in [-0.2, 0) is 4.79 Å². The van der Waals surface area contributed by atoms with Gasteiger partial charge in [0.15, 0.2) is 0 Å². The number of hydrogen-bond donors (Lipinski definition) is 1. The van der Waals surface area contributed by atoms with Crippen LogP contribution in [0.5, 0.6) is 0 Å². The van der Waals surface area contributed by atoms with Gasteiger partial charge < -0.3 is 5.11 Å². The first-order valence-electron chi connectivity index (χ1n) is 3.00. The van der Waals surface area contributed by atoms with Gasteiger partial charge in [0.2, 0.25) is 0 Å². The molecule has 0 aromatic rings. The van der Waals surface area contributed by atoms with E-state index in [4.69, 9.17) is 5.11 Å². The average molecular weight is 156 g/mol. The number of allylic oxidation sites excluding steroid dienone is 3. The van der Waals surface area contributed by atoms with Crippen molar-refractivity contribution in [2.24, 2.45) is 0 Å². The summed E-state index contributed by atoms with van der Waals surface area (Å²) in [5, 5.41) is 8.43. The Labute approximate surface area is 64.3 Å². The Morgan fingerprint density at radius 3 is 2.45 bits per heavy atom. The zero-order chi connectivity index (χ0) is 8.85. The van der Waals surface area contributed by atoms with Gasteiger partial charge in [-0.25, -0.2) is 9.18 Å². The van der Waals surface area contributed by atoms with E-state index >= 15 is 0 Å². The van der Waals surface area contributed by atoms with E-state index in [-0.39, 0.29) is 5.57 Å². The molecule has 0 saturated heterocycles. The molecule has 0 unspecified atom stereocenters. The van der Waals surface area contributed by atoms with Gasteiger partial charge in [0.05, 0.1) is 5.57 Å². The van der Waals surface area contributed by atoms with Crippen LogP contribution >= 0.6 is 0 Å². The monoisotopic (exact) mass is 156 g/mol. The first-order valence-corrected chi connectivity index (χ1v) is 3.00. The summed E-state index contributed by atoms with van der Waals surface area (Å²) >= 11 is 0. The highest BCUT2D eigenvalue weighted by atomic mass is 19.1. The van der Waals surface area contributed by atoms with E-state index in [0.29, 0.717) is 0 Å². The topological polar surface area (TPSA) is 37.3 Å². The Bertz CT molecular complexity index is 226. The number of halogens is 1. The predicted octanol–water partition coefficient (Wildman–Crippen LogP) is 2.06. The Kier molecular flexibility index (Phi) is 3.88. The number of aliphatic carboxylic acids is 1. The normalized spacial score (nSPS) is 12.0. The lowest BCUT2D eigenvalue weighted by atomic mass is 10.2. The Morgan fingerprint density at radius 2 is 2.18 bits per heavy atom. The van der Waals surface area contributed by atoms with E-state index in [1.807, 2.05) is 0 Å². The molecule has 0 spiro atoms. The Hall–Kier alpha value is -1.38. The van der Waals surface area contributed by atoms with E-state index < -0.39 is 11.8 Å². The largest absolute Gasteiger partial charge is 0.478 e. The molecule has 0 amide bonds. The highest BCUT2D eigenvalue weighted by Gasteiger charge is 2.01. The first kappa shape index (κ1) is 9.62. The van der Waals surface area contributed by atoms with Crippen molar-refractivity contribution in [1.29, 1.82) is 0 Å². The van der Waals surface area contributed by atoms with Gasteiger partial charge in [0, 0.05) is 0 Å². The van der Waals surface area contributed by atoms with E-state index in [9.17, 15) is 9.18 Å². The molecule has 11 heavy (non-hydrogen) atoms. The number of carboxylic acid groups (broad SMARTS) is 1. The van der Waals surface area contributed by atoms with E-state index in [1.165, 1.54) is 12.2 Å². The van der Waals surface area contributed by atoms with Gasteiger partial charge in [-0.05, 0) is 13.0 Å². The van der Waals surface area contributed by atoms with Crippen molar-refractivity contribution >= 4 is 5.97 Å². The summed E-state index contributed by atoms with van der Waals surface area (Å²) in [4.78, 5) is 10.3. The third-order valence-electron chi connectivity index (χ3n) is 0.905. The quantitative estimate of drug-likeness (QED) is 0.501. The van der Waals surface area contributed by atoms with Crippen LogP contribution in [0, 0.1) is 0 Å². The molecule has 60 valence electrons. The number of rotatable bonds is 3. The fourth-order valence-corrected chi connectivity index (χ4v) is 0.529. The van der Waals surface area contributed by atoms with Crippen LogP contribution in [0.15, 0.2) is 36.2 Å². The second-order valence-electron chi connectivity index (χ2n) is 1.85. The number of carboxylic acids is 1. The lowest BCUT2D eigenvalue weighted by Crippen LogP contribution is -1.97. The zero-order valence-electron chi connectivity index (χ0n) is 6.17. The molecule has 0 aromatic carbocycles. The molecule has 0 aromatic heterocycles. The van der Waals surface area contributed by atoms with Gasteiger partial charge in [-0.3, -0.25) is 0 Å². The molecular formula is C8H9FO2. The maximum Gasteiger partial charge on any atom is 0.335 e. The summed E-state index contributed by atoms with van der Waals surface area (Å²) in [6.45, 7) is 4.57. The fraction of sp³-hybridized carbons (Fsp3) is 0.125. The van der Waals surface area contributed by atoms with Crippen molar-refractivity contribution in [1.82, 2.24) is 0 Å². The van der Waals surface area contributed by atoms with Crippen molar-refractivity contribution in [3.8, 4) is 0 Å². The summed E-state index contributed by atoms with van der Waals surface area (Å²) in [5.74, 6) is -1.93. The molecular weight excluding hydrogens is 147 g/mol. The maximum atomic E-state index is 12.1. The average Bonchev–Trinajstić information content (AvgIpc) is 1.86. The maximum absolute atomic E-state index is 12.1. The molecule has 0 radical (unpaired) electrons. The smallest absolute Gasteiger partial charge is 0.335 e. The molecule has 0 saturated carbocycles. The van der Waals surface area contributed by atoms with Crippen LogP contribution in [0.3, 0.4) is 0 Å². The Balaban J connectivity index is 4.59. The summed E-state index contributed by atoms with van der Waals surface area (Å²) in [6.07, 6.45) is 3.68. The number of carbonyl (C=O) groups is 1. The van der Waals surface area contributed by atoms with Crippen molar-refractivity contribution in [3.05, 3.63) is 36.2 Å². The standard InChI is InChI=1S/C8H9FO2/c1-3-4-7(8(10)11)5-6(2)9/h3-5H,2H2,1H3,(H,10,11)/b4-3-,7-5+. The summed E-state index contributed by atoms with van der Waals surface area (Å²) < 4.78 is 12.1. The minimum atomic E-state index is -1.16. The molecule has 1 N–H and O–H groups in total. The van der Waals surface area contributed by atoms with Gasteiger partial charge >= 0.3 is 5.97 Å². The van der Waals surface area contributed by atoms with Gasteiger partial charge in [-0.2, -0.15) is 0 Å². The third-order valence-corrected chi connectivity index (χ3v) is 0.905. The molecule has 0 aliphatic rings. The summed E-state index contributed by atoms with van der Waals surface area (Å²) in [7, 11) is 0. The van der Waals surface area contributed by atoms with Gasteiger partial charge in [0.25, 0.3) is 0 Å². The second kappa shape index (κ2) is 4.44. The van der Waals surface area contributed by atoms with Crippen LogP contribution in [0.4, 0.5) is 4.39 Å². The third kappa shape index (κ3) is 4.08. The minimum Gasteiger partial charge on any atom is -0.478 e. The molecule has 0 heterocycles. The SMILES string of the molecule is C=C(F)/C=C(\C=C/C)C(=O)O. The lowest BCUT2D eigenvalue weighted by molar-refractivity contribution is -0.132. The van der Waals surface area contributed by atoms with E-state index in [0.717, 1.165) is 6.08 Å². The van der Waals surface area contributed by atoms with Crippen LogP contribution < -0.4 is 0 Å². The van der Waals surface area contributed by atoms with Crippen molar-refractivity contribution in [3.63, 3.8) is 0 Å². The fourth-order valence-electron chi connectivity index (χ4n) is 0.529. The van der Waals surface area contributed by atoms with Crippen LogP contribution in [0.1, 0.15) is 6.92 Å². The molecule has 2 nitrogen and oxygen atoms in total. The minimum absolute atomic E-state index is 0.111. The highest BCUT2D eigenvalue weighted by Crippen LogP contribution is 2.03.